The first-order chi connectivity index (χ1) is 18.4. The number of hydrogen-bond acceptors (Lipinski definition) is 2. The number of rotatable bonds is 5. The molecule has 1 N–H and O–H groups in total. The van der Waals surface area contributed by atoms with Gasteiger partial charge in [0.2, 0.25) is 0 Å². The molecule has 0 bridgehead atoms. The lowest BCUT2D eigenvalue weighted by Crippen LogP contribution is -2.15. The fourth-order valence-electron chi connectivity index (χ4n) is 5.53. The SMILES string of the molecule is COc1ccc(-c2cn3c(C(=O)Nc4ccc(Cl)cc4)c(-c4ccc(C)c(C)c4)c4c3n2CCCC4)cc1. The summed E-state index contributed by atoms with van der Waals surface area (Å²) in [4.78, 5) is 14.0. The van der Waals surface area contributed by atoms with E-state index in [1.807, 2.05) is 24.3 Å². The number of benzene rings is 3. The molecule has 6 rings (SSSR count). The number of carbonyl (C=O) groups is 1. The van der Waals surface area contributed by atoms with E-state index in [9.17, 15) is 4.79 Å². The van der Waals surface area contributed by atoms with Crippen LogP contribution in [0.5, 0.6) is 5.75 Å². The zero-order chi connectivity index (χ0) is 26.4. The van der Waals surface area contributed by atoms with Gasteiger partial charge in [-0.15, -0.1) is 0 Å². The van der Waals surface area contributed by atoms with Gasteiger partial charge in [-0.05, 0) is 104 Å². The number of nitrogens with one attached hydrogen (secondary N) is 1. The van der Waals surface area contributed by atoms with E-state index in [-0.39, 0.29) is 5.91 Å². The Hall–Kier alpha value is -3.96. The molecule has 192 valence electrons. The number of ether oxygens (including phenoxy) is 1. The summed E-state index contributed by atoms with van der Waals surface area (Å²) in [6.45, 7) is 5.15. The van der Waals surface area contributed by atoms with Gasteiger partial charge in [-0.1, -0.05) is 29.8 Å². The molecular formula is C32H30ClN3O2. The van der Waals surface area contributed by atoms with Crippen LogP contribution in [0.2, 0.25) is 5.02 Å². The van der Waals surface area contributed by atoms with Crippen molar-refractivity contribution in [2.24, 2.45) is 0 Å². The van der Waals surface area contributed by atoms with E-state index in [1.165, 1.54) is 16.7 Å². The number of amides is 1. The number of hydrogen-bond donors (Lipinski definition) is 1. The van der Waals surface area contributed by atoms with Gasteiger partial charge in [0.05, 0.1) is 12.8 Å². The maximum absolute atomic E-state index is 14.0. The molecular weight excluding hydrogens is 494 g/mol. The topological polar surface area (TPSA) is 47.7 Å². The van der Waals surface area contributed by atoms with E-state index in [0.717, 1.165) is 59.6 Å². The summed E-state index contributed by atoms with van der Waals surface area (Å²) in [7, 11) is 1.68. The minimum Gasteiger partial charge on any atom is -0.497 e. The van der Waals surface area contributed by atoms with E-state index in [1.54, 1.807) is 19.2 Å². The number of nitrogens with zero attached hydrogens (tertiary/aromatic N) is 2. The minimum absolute atomic E-state index is 0.138. The normalized spacial score (nSPS) is 12.9. The van der Waals surface area contributed by atoms with Crippen LogP contribution in [0.1, 0.15) is 40.0 Å². The molecule has 1 amide bonds. The van der Waals surface area contributed by atoms with Gasteiger partial charge in [0.25, 0.3) is 5.91 Å². The Labute approximate surface area is 227 Å². The predicted octanol–water partition coefficient (Wildman–Crippen LogP) is 7.94. The van der Waals surface area contributed by atoms with Gasteiger partial charge in [0.1, 0.15) is 17.1 Å². The number of carbonyl (C=O) groups excluding carboxylic acids is 1. The van der Waals surface area contributed by atoms with Crippen LogP contribution >= 0.6 is 11.6 Å². The Bertz CT molecular complexity index is 1660. The number of halogens is 1. The molecule has 0 saturated heterocycles. The largest absolute Gasteiger partial charge is 0.497 e. The maximum atomic E-state index is 14.0. The molecule has 38 heavy (non-hydrogen) atoms. The first kappa shape index (κ1) is 24.4. The minimum atomic E-state index is -0.138. The van der Waals surface area contributed by atoms with E-state index in [4.69, 9.17) is 16.3 Å². The van der Waals surface area contributed by atoms with Gasteiger partial charge in [0, 0.05) is 34.6 Å². The molecule has 0 fully saturated rings. The van der Waals surface area contributed by atoms with Crippen LogP contribution in [0.4, 0.5) is 5.69 Å². The molecule has 5 aromatic rings. The Morgan fingerprint density at radius 1 is 0.921 bits per heavy atom. The molecule has 1 aliphatic rings. The van der Waals surface area contributed by atoms with Crippen molar-refractivity contribution in [2.45, 2.75) is 39.7 Å². The van der Waals surface area contributed by atoms with E-state index >= 15 is 0 Å². The predicted molar refractivity (Wildman–Crippen MR) is 155 cm³/mol. The van der Waals surface area contributed by atoms with E-state index < -0.39 is 0 Å². The number of imidazole rings is 1. The van der Waals surface area contributed by atoms with Crippen molar-refractivity contribution >= 4 is 28.8 Å². The summed E-state index contributed by atoms with van der Waals surface area (Å²) in [5.74, 6) is 0.685. The van der Waals surface area contributed by atoms with Gasteiger partial charge >= 0.3 is 0 Å². The Morgan fingerprint density at radius 3 is 2.37 bits per heavy atom. The molecule has 0 spiro atoms. The highest BCUT2D eigenvalue weighted by Crippen LogP contribution is 2.40. The van der Waals surface area contributed by atoms with Crippen molar-refractivity contribution in [3.63, 3.8) is 0 Å². The number of methoxy groups -OCH3 is 1. The fraction of sp³-hybridized carbons (Fsp3) is 0.219. The lowest BCUT2D eigenvalue weighted by Gasteiger charge is -2.12. The fourth-order valence-corrected chi connectivity index (χ4v) is 5.66. The molecule has 1 aliphatic heterocycles. The highest BCUT2D eigenvalue weighted by atomic mass is 35.5. The standard InChI is InChI=1S/C32H30ClN3O2/c1-20-7-8-23(18-21(20)2)29-27-6-4-5-17-35-28(22-9-15-26(38-3)16-10-22)19-36(32(27)35)30(29)31(37)34-25-13-11-24(33)12-14-25/h7-16,18-19H,4-6,17H2,1-3H3,(H,34,37). The monoisotopic (exact) mass is 523 g/mol. The summed E-state index contributed by atoms with van der Waals surface area (Å²) < 4.78 is 9.87. The van der Waals surface area contributed by atoms with Gasteiger partial charge in [0.15, 0.2) is 0 Å². The van der Waals surface area contributed by atoms with Crippen LogP contribution in [-0.4, -0.2) is 22.0 Å². The summed E-state index contributed by atoms with van der Waals surface area (Å²) in [5, 5.41) is 3.76. The van der Waals surface area contributed by atoms with Crippen LogP contribution in [0.25, 0.3) is 28.0 Å². The van der Waals surface area contributed by atoms with Crippen molar-refractivity contribution < 1.29 is 9.53 Å². The average molecular weight is 524 g/mol. The van der Waals surface area contributed by atoms with Crippen molar-refractivity contribution in [3.05, 3.63) is 100 Å². The molecule has 0 atom stereocenters. The molecule has 0 radical (unpaired) electrons. The third kappa shape index (κ3) is 4.17. The van der Waals surface area contributed by atoms with Crippen molar-refractivity contribution in [2.75, 3.05) is 12.4 Å². The zero-order valence-electron chi connectivity index (χ0n) is 21.8. The van der Waals surface area contributed by atoms with E-state index in [2.05, 4.69) is 64.7 Å². The molecule has 3 heterocycles. The molecule has 0 saturated carbocycles. The Balaban J connectivity index is 1.59. The number of anilines is 1. The third-order valence-corrected chi connectivity index (χ3v) is 7.88. The average Bonchev–Trinajstić information content (AvgIpc) is 3.34. The lowest BCUT2D eigenvalue weighted by atomic mass is 9.95. The highest BCUT2D eigenvalue weighted by Gasteiger charge is 2.29. The summed E-state index contributed by atoms with van der Waals surface area (Å²) >= 11 is 6.09. The van der Waals surface area contributed by atoms with Crippen molar-refractivity contribution in [1.82, 2.24) is 8.97 Å². The molecule has 6 heteroatoms. The highest BCUT2D eigenvalue weighted by molar-refractivity contribution is 6.30. The smallest absolute Gasteiger partial charge is 0.273 e. The van der Waals surface area contributed by atoms with Crippen LogP contribution in [0.3, 0.4) is 0 Å². The molecule has 2 aromatic heterocycles. The van der Waals surface area contributed by atoms with Gasteiger partial charge < -0.3 is 14.6 Å². The lowest BCUT2D eigenvalue weighted by molar-refractivity contribution is 0.102. The Morgan fingerprint density at radius 2 is 1.66 bits per heavy atom. The second-order valence-electron chi connectivity index (χ2n) is 10.0. The van der Waals surface area contributed by atoms with Crippen LogP contribution in [-0.2, 0) is 13.0 Å². The molecule has 5 nitrogen and oxygen atoms in total. The molecule has 3 aromatic carbocycles. The summed E-state index contributed by atoms with van der Waals surface area (Å²) in [5.41, 5.74) is 10.4. The third-order valence-electron chi connectivity index (χ3n) is 7.63. The number of aryl methyl sites for hydroxylation is 4. The summed E-state index contributed by atoms with van der Waals surface area (Å²) in [6, 6.07) is 21.9. The Kier molecular flexibility index (Phi) is 6.24. The quantitative estimate of drug-likeness (QED) is 0.254. The van der Waals surface area contributed by atoms with Crippen molar-refractivity contribution in [3.8, 4) is 28.1 Å². The van der Waals surface area contributed by atoms with Crippen LogP contribution < -0.4 is 10.1 Å². The van der Waals surface area contributed by atoms with Crippen LogP contribution in [0, 0.1) is 13.8 Å². The molecule has 0 aliphatic carbocycles. The van der Waals surface area contributed by atoms with Gasteiger partial charge in [-0.3, -0.25) is 9.20 Å². The van der Waals surface area contributed by atoms with Gasteiger partial charge in [-0.25, -0.2) is 0 Å². The second-order valence-corrected chi connectivity index (χ2v) is 10.4. The number of aromatic nitrogens is 2. The zero-order valence-corrected chi connectivity index (χ0v) is 22.6. The van der Waals surface area contributed by atoms with Crippen LogP contribution in [0.15, 0.2) is 72.9 Å². The second kappa shape index (κ2) is 9.73. The molecule has 0 unspecified atom stereocenters. The maximum Gasteiger partial charge on any atom is 0.273 e. The summed E-state index contributed by atoms with van der Waals surface area (Å²) in [6.07, 6.45) is 5.19. The van der Waals surface area contributed by atoms with Gasteiger partial charge in [-0.2, -0.15) is 0 Å². The van der Waals surface area contributed by atoms with Crippen molar-refractivity contribution in [1.29, 1.82) is 0 Å². The van der Waals surface area contributed by atoms with E-state index in [0.29, 0.717) is 16.4 Å². The first-order valence-corrected chi connectivity index (χ1v) is 13.4. The first-order valence-electron chi connectivity index (χ1n) is 13.0.